The van der Waals surface area contributed by atoms with Gasteiger partial charge in [-0.05, 0) is 19.8 Å². The quantitative estimate of drug-likeness (QED) is 0.798. The number of nitrogens with zero attached hydrogens (tertiary/aromatic N) is 3. The molecule has 0 aliphatic carbocycles. The molecule has 1 amide bonds. The molecule has 1 saturated heterocycles. The van der Waals surface area contributed by atoms with E-state index in [1.165, 1.54) is 0 Å². The second kappa shape index (κ2) is 6.77. The van der Waals surface area contributed by atoms with Crippen LogP contribution in [0, 0.1) is 0 Å². The van der Waals surface area contributed by atoms with E-state index in [9.17, 15) is 9.59 Å². The molecule has 1 aromatic carbocycles. The first kappa shape index (κ1) is 15.5. The second-order valence-corrected chi connectivity index (χ2v) is 5.87. The third-order valence-electron chi connectivity index (χ3n) is 4.36. The van der Waals surface area contributed by atoms with Gasteiger partial charge in [0.25, 0.3) is 5.91 Å². The minimum atomic E-state index is -0.0203. The first-order valence-electron chi connectivity index (χ1n) is 8.10. The van der Waals surface area contributed by atoms with Gasteiger partial charge in [-0.2, -0.15) is 5.10 Å². The van der Waals surface area contributed by atoms with Crippen molar-refractivity contribution in [3.05, 3.63) is 53.9 Å². The maximum Gasteiger partial charge on any atom is 0.257 e. The average Bonchev–Trinajstić information content (AvgIpc) is 3.24. The molecular formula is C18H21N3O2. The minimum absolute atomic E-state index is 0.0137. The van der Waals surface area contributed by atoms with Gasteiger partial charge in [-0.1, -0.05) is 30.3 Å². The van der Waals surface area contributed by atoms with Crippen molar-refractivity contribution < 1.29 is 9.59 Å². The summed E-state index contributed by atoms with van der Waals surface area (Å²) in [6, 6.07) is 9.27. The summed E-state index contributed by atoms with van der Waals surface area (Å²) in [5.74, 6) is 0.0765. The molecule has 120 valence electrons. The van der Waals surface area contributed by atoms with Crippen LogP contribution in [0.25, 0.3) is 0 Å². The fraction of sp³-hybridized carbons (Fsp3) is 0.389. The minimum Gasteiger partial charge on any atom is -0.335 e. The first-order valence-corrected chi connectivity index (χ1v) is 8.10. The molecule has 5 nitrogen and oxygen atoms in total. The number of carbonyl (C=O) groups is 2. The zero-order chi connectivity index (χ0) is 16.2. The molecule has 0 N–H and O–H groups in total. The fourth-order valence-electron chi connectivity index (χ4n) is 3.08. The van der Waals surface area contributed by atoms with E-state index >= 15 is 0 Å². The van der Waals surface area contributed by atoms with Crippen LogP contribution in [0.15, 0.2) is 42.7 Å². The van der Waals surface area contributed by atoms with Crippen LogP contribution in [0.2, 0.25) is 0 Å². The molecule has 0 radical (unpaired) electrons. The topological polar surface area (TPSA) is 55.2 Å². The van der Waals surface area contributed by atoms with Gasteiger partial charge in [0.1, 0.15) is 0 Å². The number of Topliss-reactive ketones (excluding diaryl/α,β-unsaturated/α-hetero) is 1. The van der Waals surface area contributed by atoms with E-state index in [2.05, 4.69) is 5.10 Å². The summed E-state index contributed by atoms with van der Waals surface area (Å²) in [4.78, 5) is 26.9. The lowest BCUT2D eigenvalue weighted by molar-refractivity contribution is 0.0717. The van der Waals surface area contributed by atoms with Gasteiger partial charge in [0.15, 0.2) is 5.78 Å². The SMILES string of the molecule is CCn1cc(C(=O)N2CCC[C@@H]2CC(=O)c2ccccc2)cn1. The molecular weight excluding hydrogens is 290 g/mol. The Bertz CT molecular complexity index is 693. The van der Waals surface area contributed by atoms with Gasteiger partial charge < -0.3 is 4.90 Å². The summed E-state index contributed by atoms with van der Waals surface area (Å²) in [5, 5.41) is 4.16. The van der Waals surface area contributed by atoms with Crippen LogP contribution in [0.1, 0.15) is 46.9 Å². The first-order chi connectivity index (χ1) is 11.2. The number of ketones is 1. The van der Waals surface area contributed by atoms with Gasteiger partial charge in [-0.25, -0.2) is 0 Å². The van der Waals surface area contributed by atoms with Crippen molar-refractivity contribution in [1.29, 1.82) is 0 Å². The van der Waals surface area contributed by atoms with E-state index in [1.807, 2.05) is 42.2 Å². The van der Waals surface area contributed by atoms with Crippen LogP contribution in [0.5, 0.6) is 0 Å². The molecule has 1 fully saturated rings. The number of aromatic nitrogens is 2. The number of aryl methyl sites for hydroxylation is 1. The van der Waals surface area contributed by atoms with Crippen molar-refractivity contribution >= 4 is 11.7 Å². The summed E-state index contributed by atoms with van der Waals surface area (Å²) in [5.41, 5.74) is 1.32. The van der Waals surface area contributed by atoms with Crippen LogP contribution in [-0.2, 0) is 6.54 Å². The normalized spacial score (nSPS) is 17.4. The number of hydrogen-bond acceptors (Lipinski definition) is 3. The molecule has 1 aliphatic heterocycles. The molecule has 1 atom stereocenters. The van der Waals surface area contributed by atoms with Gasteiger partial charge >= 0.3 is 0 Å². The van der Waals surface area contributed by atoms with E-state index in [-0.39, 0.29) is 17.7 Å². The highest BCUT2D eigenvalue weighted by molar-refractivity contribution is 5.98. The van der Waals surface area contributed by atoms with E-state index in [0.29, 0.717) is 24.1 Å². The molecule has 0 saturated carbocycles. The summed E-state index contributed by atoms with van der Waals surface area (Å²) in [6.45, 7) is 3.44. The molecule has 0 unspecified atom stereocenters. The molecule has 3 rings (SSSR count). The number of carbonyl (C=O) groups excluding carboxylic acids is 2. The van der Waals surface area contributed by atoms with Crippen LogP contribution >= 0.6 is 0 Å². The number of likely N-dealkylation sites (tertiary alicyclic amines) is 1. The molecule has 23 heavy (non-hydrogen) atoms. The number of amides is 1. The third-order valence-corrected chi connectivity index (χ3v) is 4.36. The third kappa shape index (κ3) is 3.33. The van der Waals surface area contributed by atoms with Gasteiger partial charge in [-0.15, -0.1) is 0 Å². The van der Waals surface area contributed by atoms with Gasteiger partial charge in [-0.3, -0.25) is 14.3 Å². The average molecular weight is 311 g/mol. The Balaban J connectivity index is 1.70. The van der Waals surface area contributed by atoms with Crippen molar-refractivity contribution in [1.82, 2.24) is 14.7 Å². The Kier molecular flexibility index (Phi) is 4.55. The Hall–Kier alpha value is -2.43. The van der Waals surface area contributed by atoms with E-state index in [1.54, 1.807) is 17.1 Å². The summed E-state index contributed by atoms with van der Waals surface area (Å²) in [6.07, 6.45) is 5.60. The number of rotatable bonds is 5. The predicted molar refractivity (Wildman–Crippen MR) is 87.3 cm³/mol. The summed E-state index contributed by atoms with van der Waals surface area (Å²) in [7, 11) is 0. The molecule has 1 aliphatic rings. The Morgan fingerprint density at radius 2 is 2.00 bits per heavy atom. The summed E-state index contributed by atoms with van der Waals surface area (Å²) >= 11 is 0. The monoisotopic (exact) mass is 311 g/mol. The Morgan fingerprint density at radius 3 is 2.70 bits per heavy atom. The van der Waals surface area contributed by atoms with Crippen molar-refractivity contribution in [2.75, 3.05) is 6.54 Å². The highest BCUT2D eigenvalue weighted by atomic mass is 16.2. The largest absolute Gasteiger partial charge is 0.335 e. The fourth-order valence-corrected chi connectivity index (χ4v) is 3.08. The number of benzene rings is 1. The van der Waals surface area contributed by atoms with Crippen molar-refractivity contribution in [2.24, 2.45) is 0 Å². The molecule has 0 bridgehead atoms. The highest BCUT2D eigenvalue weighted by Gasteiger charge is 2.31. The molecule has 1 aromatic heterocycles. The molecule has 0 spiro atoms. The van der Waals surface area contributed by atoms with Gasteiger partial charge in [0.05, 0.1) is 11.8 Å². The van der Waals surface area contributed by atoms with E-state index in [4.69, 9.17) is 0 Å². The smallest absolute Gasteiger partial charge is 0.257 e. The van der Waals surface area contributed by atoms with Crippen LogP contribution in [0.3, 0.4) is 0 Å². The lowest BCUT2D eigenvalue weighted by Gasteiger charge is -2.23. The molecule has 2 heterocycles. The second-order valence-electron chi connectivity index (χ2n) is 5.87. The lowest BCUT2D eigenvalue weighted by atomic mass is 10.0. The van der Waals surface area contributed by atoms with Crippen LogP contribution < -0.4 is 0 Å². The maximum atomic E-state index is 12.7. The van der Waals surface area contributed by atoms with Gasteiger partial charge in [0.2, 0.25) is 0 Å². The van der Waals surface area contributed by atoms with Crippen molar-refractivity contribution in [3.8, 4) is 0 Å². The van der Waals surface area contributed by atoms with Gasteiger partial charge in [0, 0.05) is 37.3 Å². The van der Waals surface area contributed by atoms with Crippen LogP contribution in [-0.4, -0.2) is 39.0 Å². The van der Waals surface area contributed by atoms with E-state index < -0.39 is 0 Å². The van der Waals surface area contributed by atoms with Crippen molar-refractivity contribution in [3.63, 3.8) is 0 Å². The lowest BCUT2D eigenvalue weighted by Crippen LogP contribution is -2.36. The zero-order valence-electron chi connectivity index (χ0n) is 13.3. The standard InChI is InChI=1S/C18H21N3O2/c1-2-20-13-15(12-19-20)18(23)21-10-6-9-16(21)11-17(22)14-7-4-3-5-8-14/h3-5,7-8,12-13,16H,2,6,9-11H2,1H3/t16-/m1/s1. The highest BCUT2D eigenvalue weighted by Crippen LogP contribution is 2.24. The zero-order valence-corrected chi connectivity index (χ0v) is 13.3. The Labute approximate surface area is 135 Å². The number of hydrogen-bond donors (Lipinski definition) is 0. The van der Waals surface area contributed by atoms with E-state index in [0.717, 1.165) is 19.4 Å². The Morgan fingerprint density at radius 1 is 1.22 bits per heavy atom. The predicted octanol–water partition coefficient (Wildman–Crippen LogP) is 2.78. The maximum absolute atomic E-state index is 12.7. The summed E-state index contributed by atoms with van der Waals surface area (Å²) < 4.78 is 1.74. The van der Waals surface area contributed by atoms with Crippen LogP contribution in [0.4, 0.5) is 0 Å². The molecule has 2 aromatic rings. The van der Waals surface area contributed by atoms with Crippen molar-refractivity contribution in [2.45, 2.75) is 38.8 Å². The molecule has 5 heteroatoms.